The van der Waals surface area contributed by atoms with E-state index in [0.29, 0.717) is 29.8 Å². The fraction of sp³-hybridized carbons (Fsp3) is 0.895. The summed E-state index contributed by atoms with van der Waals surface area (Å²) < 4.78 is 19.1. The molecule has 7 atom stereocenters. The molecule has 0 radical (unpaired) electrons. The van der Waals surface area contributed by atoms with Gasteiger partial charge >= 0.3 is 0 Å². The van der Waals surface area contributed by atoms with Gasteiger partial charge in [0.05, 0.1) is 20.1 Å². The van der Waals surface area contributed by atoms with E-state index in [1.165, 1.54) is 32.1 Å². The van der Waals surface area contributed by atoms with E-state index in [9.17, 15) is 0 Å². The minimum absolute atomic E-state index is 0.116. The summed E-state index contributed by atoms with van der Waals surface area (Å²) in [5.74, 6) is 2.40. The molecule has 0 amide bonds. The highest BCUT2D eigenvalue weighted by Crippen LogP contribution is 2.45. The van der Waals surface area contributed by atoms with Crippen LogP contribution >= 0.6 is 18.9 Å². The van der Waals surface area contributed by atoms with Crippen LogP contribution in [0.15, 0.2) is 12.2 Å². The van der Waals surface area contributed by atoms with Crippen molar-refractivity contribution in [2.24, 2.45) is 23.7 Å². The monoisotopic (exact) mass is 376 g/mol. The van der Waals surface area contributed by atoms with Crippen LogP contribution in [0.1, 0.15) is 64.7 Å². The Bertz CT molecular complexity index is 391. The summed E-state index contributed by atoms with van der Waals surface area (Å²) in [6.07, 6.45) is 15.5. The minimum Gasteiger partial charge on any atom is -0.392 e. The lowest BCUT2D eigenvalue weighted by Crippen LogP contribution is -2.27. The molecule has 3 nitrogen and oxygen atoms in total. The quantitative estimate of drug-likeness (QED) is 0.435. The predicted octanol–water partition coefficient (Wildman–Crippen LogP) is 4.91. The third kappa shape index (κ3) is 5.75. The number of rotatable bonds is 10. The molecule has 0 aliphatic heterocycles. The van der Waals surface area contributed by atoms with E-state index in [1.807, 2.05) is 6.08 Å². The van der Waals surface area contributed by atoms with Crippen molar-refractivity contribution in [2.45, 2.75) is 76.9 Å². The molecule has 140 valence electrons. The molecular weight excluding hydrogens is 338 g/mol. The van der Waals surface area contributed by atoms with Crippen LogP contribution in [0.4, 0.5) is 0 Å². The van der Waals surface area contributed by atoms with Crippen molar-refractivity contribution in [3.05, 3.63) is 12.2 Å². The molecular formula is C19H36O3P2. The molecule has 2 unspecified atom stereocenters. The molecule has 2 fully saturated rings. The Morgan fingerprint density at radius 2 is 2.04 bits per heavy atom. The zero-order valence-electron chi connectivity index (χ0n) is 16.0. The maximum atomic E-state index is 9.01. The topological polar surface area (TPSA) is 38.7 Å². The van der Waals surface area contributed by atoms with Gasteiger partial charge in [0.2, 0.25) is 0 Å². The van der Waals surface area contributed by atoms with Crippen molar-refractivity contribution in [3.8, 4) is 0 Å². The van der Waals surface area contributed by atoms with E-state index in [0.717, 1.165) is 25.7 Å². The van der Waals surface area contributed by atoms with Crippen LogP contribution in [0.2, 0.25) is 0 Å². The van der Waals surface area contributed by atoms with Crippen molar-refractivity contribution in [2.75, 3.05) is 6.61 Å². The molecule has 5 heteroatoms. The van der Waals surface area contributed by atoms with Gasteiger partial charge in [-0.25, -0.2) is 0 Å². The van der Waals surface area contributed by atoms with E-state index in [1.54, 1.807) is 0 Å². The maximum Gasteiger partial charge on any atom is 0.0851 e. The average molecular weight is 376 g/mol. The van der Waals surface area contributed by atoms with Gasteiger partial charge in [-0.15, -0.1) is 0 Å². The molecule has 1 N–H and O–H groups in total. The molecule has 0 aromatic rings. The summed E-state index contributed by atoms with van der Waals surface area (Å²) in [5.41, 5.74) is 0. The second-order valence-corrected chi connectivity index (χ2v) is 8.24. The maximum absolute atomic E-state index is 9.01. The van der Waals surface area contributed by atoms with E-state index < -0.39 is 0 Å². The summed E-state index contributed by atoms with van der Waals surface area (Å²) >= 11 is 0. The summed E-state index contributed by atoms with van der Waals surface area (Å²) in [6.45, 7) is 2.43. The second kappa shape index (κ2) is 11.2. The fourth-order valence-corrected chi connectivity index (χ4v) is 5.59. The van der Waals surface area contributed by atoms with Gasteiger partial charge in [-0.3, -0.25) is 0 Å². The summed E-state index contributed by atoms with van der Waals surface area (Å²) in [6, 6.07) is 0. The van der Waals surface area contributed by atoms with Gasteiger partial charge in [0.25, 0.3) is 0 Å². The van der Waals surface area contributed by atoms with Crippen LogP contribution in [-0.2, 0) is 9.05 Å². The zero-order valence-corrected chi connectivity index (χ0v) is 17.2. The van der Waals surface area contributed by atoms with Gasteiger partial charge in [-0.2, -0.15) is 0 Å². The normalized spacial score (nSPS) is 34.4. The first kappa shape index (κ1) is 19.2. The van der Waals surface area contributed by atoms with Gasteiger partial charge < -0.3 is 14.2 Å². The van der Waals surface area contributed by atoms with Gasteiger partial charge in [0.15, 0.2) is 0 Å². The number of allylic oxidation sites excluding steroid dienone is 1. The standard InChI is InChI=1S/C19H36O3P2/c1-14-13-19(22-24)17(16(14)9-5-6-12-20)10-11-18(21-23)15-7-3-2-4-8-15/h5-6,14-20H,2-4,7-13,23-24H2,1H3/b6-5-/t14-,16-,17+,18-,19+/m0/s1/i24T/t14-,16-,17+,18-,19+,24?. The second-order valence-electron chi connectivity index (χ2n) is 7.74. The van der Waals surface area contributed by atoms with Crippen molar-refractivity contribution >= 4 is 18.9 Å². The predicted molar refractivity (Wildman–Crippen MR) is 107 cm³/mol. The lowest BCUT2D eigenvalue weighted by atomic mass is 9.80. The van der Waals surface area contributed by atoms with Gasteiger partial charge in [-0.05, 0) is 62.2 Å². The summed E-state index contributed by atoms with van der Waals surface area (Å²) in [4.78, 5) is 0. The number of aliphatic hydroxyl groups is 1. The van der Waals surface area contributed by atoms with Crippen LogP contribution in [0.25, 0.3) is 0 Å². The largest absolute Gasteiger partial charge is 0.392 e. The first-order valence-electron chi connectivity index (χ1n) is 10.1. The molecule has 2 aliphatic carbocycles. The van der Waals surface area contributed by atoms with Crippen LogP contribution in [0.3, 0.4) is 0 Å². The molecule has 0 aromatic carbocycles. The molecule has 0 saturated heterocycles. The Kier molecular flexibility index (Phi) is 9.02. The SMILES string of the molecule is [3H]PO[C@@H]1C[C@H](C)[C@H](C/C=C\CO)[C@H]1CC[C@H](OP)C1CCCCC1. The molecule has 0 bridgehead atoms. The van der Waals surface area contributed by atoms with Crippen LogP contribution in [0, 0.1) is 23.7 Å². The number of hydrogen-bond acceptors (Lipinski definition) is 3. The number of hydrogen-bond donors (Lipinski definition) is 1. The Labute approximate surface area is 154 Å². The molecule has 0 aromatic heterocycles. The average Bonchev–Trinajstić information content (AvgIpc) is 2.92. The molecule has 2 saturated carbocycles. The van der Waals surface area contributed by atoms with E-state index in [4.69, 9.17) is 15.4 Å². The Morgan fingerprint density at radius 1 is 1.25 bits per heavy atom. The molecule has 0 heterocycles. The highest BCUT2D eigenvalue weighted by Gasteiger charge is 2.40. The van der Waals surface area contributed by atoms with Crippen molar-refractivity contribution in [1.29, 1.82) is 1.28 Å². The molecule has 2 aliphatic rings. The first-order valence-corrected chi connectivity index (χ1v) is 10.5. The Hall–Kier alpha value is 0.480. The lowest BCUT2D eigenvalue weighted by molar-refractivity contribution is 0.0933. The van der Waals surface area contributed by atoms with Gasteiger partial charge in [0, 0.05) is 18.9 Å². The molecule has 0 spiro atoms. The fourth-order valence-electron chi connectivity index (χ4n) is 4.96. The van der Waals surface area contributed by atoms with Crippen LogP contribution < -0.4 is 0 Å². The van der Waals surface area contributed by atoms with E-state index in [-0.39, 0.29) is 22.1 Å². The van der Waals surface area contributed by atoms with E-state index >= 15 is 0 Å². The molecule has 24 heavy (non-hydrogen) atoms. The summed E-state index contributed by atoms with van der Waals surface area (Å²) in [7, 11) is 2.32. The zero-order chi connectivity index (χ0) is 18.1. The lowest BCUT2D eigenvalue weighted by Gasteiger charge is -2.31. The van der Waals surface area contributed by atoms with Crippen molar-refractivity contribution in [3.63, 3.8) is 0 Å². The van der Waals surface area contributed by atoms with Crippen LogP contribution in [-0.4, -0.2) is 25.2 Å². The Balaban J connectivity index is 1.95. The van der Waals surface area contributed by atoms with Crippen molar-refractivity contribution < 1.29 is 14.2 Å². The first-order chi connectivity index (χ1) is 12.2. The van der Waals surface area contributed by atoms with Gasteiger partial charge in [0.1, 0.15) is 0 Å². The van der Waals surface area contributed by atoms with Crippen LogP contribution in [0.5, 0.6) is 0 Å². The van der Waals surface area contributed by atoms with Crippen molar-refractivity contribution in [1.82, 2.24) is 0 Å². The Morgan fingerprint density at radius 3 is 2.71 bits per heavy atom. The van der Waals surface area contributed by atoms with E-state index in [2.05, 4.69) is 22.5 Å². The third-order valence-electron chi connectivity index (χ3n) is 6.33. The third-order valence-corrected chi connectivity index (χ3v) is 6.98. The summed E-state index contributed by atoms with van der Waals surface area (Å²) in [5, 5.41) is 9.01. The van der Waals surface area contributed by atoms with Gasteiger partial charge in [-0.1, -0.05) is 38.3 Å². The number of aliphatic hydroxyl groups excluding tert-OH is 1. The smallest absolute Gasteiger partial charge is 0.0851 e. The highest BCUT2D eigenvalue weighted by atomic mass is 31.0. The minimum atomic E-state index is -0.180. The highest BCUT2D eigenvalue weighted by molar-refractivity contribution is 7.10. The molecule has 2 rings (SSSR count).